The van der Waals surface area contributed by atoms with Crippen LogP contribution in [0.1, 0.15) is 27.2 Å². The van der Waals surface area contributed by atoms with E-state index in [1.165, 1.54) is 0 Å². The van der Waals surface area contributed by atoms with Crippen LogP contribution in [0.15, 0.2) is 0 Å². The third kappa shape index (κ3) is 4.14. The minimum atomic E-state index is -0.774. The lowest BCUT2D eigenvalue weighted by Crippen LogP contribution is -2.45. The van der Waals surface area contributed by atoms with Crippen LogP contribution in [0, 0.1) is 11.3 Å². The van der Waals surface area contributed by atoms with Crippen molar-refractivity contribution in [1.82, 2.24) is 5.32 Å². The van der Waals surface area contributed by atoms with Gasteiger partial charge in [0, 0.05) is 6.54 Å². The fourth-order valence-electron chi connectivity index (χ4n) is 1.03. The summed E-state index contributed by atoms with van der Waals surface area (Å²) in [5.41, 5.74) is 9.84. The first-order valence-corrected chi connectivity index (χ1v) is 5.50. The molecule has 0 spiro atoms. The van der Waals surface area contributed by atoms with Crippen LogP contribution in [0.2, 0.25) is 0 Å². The summed E-state index contributed by atoms with van der Waals surface area (Å²) >= 11 is 4.78. The molecule has 0 radical (unpaired) electrons. The Morgan fingerprint density at radius 1 is 1.38 bits per heavy atom. The van der Waals surface area contributed by atoms with E-state index in [2.05, 4.69) is 5.32 Å². The summed E-state index contributed by atoms with van der Waals surface area (Å²) in [7, 11) is 0. The summed E-state index contributed by atoms with van der Waals surface area (Å²) in [5.74, 6) is -1.21. The minimum absolute atomic E-state index is 0.164. The lowest BCUT2D eigenvalue weighted by molar-refractivity contribution is -0.127. The van der Waals surface area contributed by atoms with Gasteiger partial charge in [0.25, 0.3) is 0 Å². The molecule has 0 aromatic carbocycles. The highest BCUT2D eigenvalue weighted by Gasteiger charge is 2.27. The van der Waals surface area contributed by atoms with E-state index in [-0.39, 0.29) is 17.4 Å². The first-order chi connectivity index (χ1) is 7.22. The standard InChI is InChI=1S/C10H19N3O2S/c1-4-6(7(11)16)8(14)13-5-10(2,3)9(12)15/h6H,4-5H2,1-3H3,(H2,11,16)(H2,12,15)(H,13,14). The third-order valence-electron chi connectivity index (χ3n) is 2.44. The molecule has 1 unspecified atom stereocenters. The molecule has 0 saturated heterocycles. The van der Waals surface area contributed by atoms with Crippen LogP contribution in [0.3, 0.4) is 0 Å². The summed E-state index contributed by atoms with van der Waals surface area (Å²) in [5, 5.41) is 2.63. The van der Waals surface area contributed by atoms with E-state index in [1.807, 2.05) is 6.92 Å². The van der Waals surface area contributed by atoms with Gasteiger partial charge < -0.3 is 16.8 Å². The molecule has 0 fully saturated rings. The first-order valence-electron chi connectivity index (χ1n) is 5.09. The van der Waals surface area contributed by atoms with Crippen molar-refractivity contribution < 1.29 is 9.59 Å². The SMILES string of the molecule is CCC(C(=O)NCC(C)(C)C(N)=O)C(N)=S. The van der Waals surface area contributed by atoms with Crippen molar-refractivity contribution in [3.63, 3.8) is 0 Å². The van der Waals surface area contributed by atoms with E-state index in [9.17, 15) is 9.59 Å². The molecule has 0 aliphatic heterocycles. The number of hydrogen-bond donors (Lipinski definition) is 3. The third-order valence-corrected chi connectivity index (χ3v) is 2.72. The Kier molecular flexibility index (Phi) is 5.37. The number of primary amides is 1. The number of nitrogens with one attached hydrogen (secondary N) is 1. The minimum Gasteiger partial charge on any atom is -0.393 e. The van der Waals surface area contributed by atoms with Crippen molar-refractivity contribution in [3.8, 4) is 0 Å². The number of thiocarbonyl (C=S) groups is 1. The maximum Gasteiger partial charge on any atom is 0.229 e. The number of carbonyl (C=O) groups excluding carboxylic acids is 2. The van der Waals surface area contributed by atoms with Crippen LogP contribution in [-0.2, 0) is 9.59 Å². The second-order valence-corrected chi connectivity index (χ2v) is 4.80. The van der Waals surface area contributed by atoms with Crippen molar-refractivity contribution in [2.75, 3.05) is 6.54 Å². The van der Waals surface area contributed by atoms with Crippen molar-refractivity contribution in [1.29, 1.82) is 0 Å². The smallest absolute Gasteiger partial charge is 0.229 e. The van der Waals surface area contributed by atoms with E-state index in [4.69, 9.17) is 23.7 Å². The number of carbonyl (C=O) groups is 2. The van der Waals surface area contributed by atoms with Gasteiger partial charge in [-0.1, -0.05) is 19.1 Å². The number of rotatable bonds is 6. The number of nitrogens with two attached hydrogens (primary N) is 2. The van der Waals surface area contributed by atoms with Gasteiger partial charge >= 0.3 is 0 Å². The monoisotopic (exact) mass is 245 g/mol. The molecule has 0 aliphatic carbocycles. The fraction of sp³-hybridized carbons (Fsp3) is 0.700. The van der Waals surface area contributed by atoms with Crippen LogP contribution in [0.4, 0.5) is 0 Å². The number of amides is 2. The zero-order chi connectivity index (χ0) is 12.9. The average Bonchev–Trinajstić information content (AvgIpc) is 2.15. The first kappa shape index (κ1) is 14.8. The highest BCUT2D eigenvalue weighted by Crippen LogP contribution is 2.12. The summed E-state index contributed by atoms with van der Waals surface area (Å²) in [4.78, 5) is 22.8. The molecule has 0 bridgehead atoms. The van der Waals surface area contributed by atoms with Gasteiger partial charge in [-0.3, -0.25) is 9.59 Å². The Morgan fingerprint density at radius 2 is 1.88 bits per heavy atom. The molecule has 16 heavy (non-hydrogen) atoms. The predicted octanol–water partition coefficient (Wildman–Crippen LogP) is -0.0736. The molecule has 0 aromatic heterocycles. The van der Waals surface area contributed by atoms with Gasteiger partial charge in [-0.15, -0.1) is 0 Å². The van der Waals surface area contributed by atoms with Gasteiger partial charge in [-0.25, -0.2) is 0 Å². The van der Waals surface area contributed by atoms with Crippen LogP contribution >= 0.6 is 12.2 Å². The van der Waals surface area contributed by atoms with E-state index in [0.29, 0.717) is 6.42 Å². The molecular weight excluding hydrogens is 226 g/mol. The zero-order valence-corrected chi connectivity index (χ0v) is 10.7. The largest absolute Gasteiger partial charge is 0.393 e. The van der Waals surface area contributed by atoms with Crippen molar-refractivity contribution in [2.45, 2.75) is 27.2 Å². The summed E-state index contributed by atoms with van der Waals surface area (Å²) < 4.78 is 0. The molecule has 0 aromatic rings. The van der Waals surface area contributed by atoms with E-state index >= 15 is 0 Å². The molecule has 6 heteroatoms. The summed E-state index contributed by atoms with van der Waals surface area (Å²) in [6.45, 7) is 5.33. The normalized spacial score (nSPS) is 12.9. The van der Waals surface area contributed by atoms with Crippen LogP contribution in [0.25, 0.3) is 0 Å². The molecule has 0 aliphatic rings. The second kappa shape index (κ2) is 5.79. The maximum absolute atomic E-state index is 11.7. The highest BCUT2D eigenvalue weighted by molar-refractivity contribution is 7.80. The van der Waals surface area contributed by atoms with Gasteiger partial charge in [0.15, 0.2) is 0 Å². The summed E-state index contributed by atoms with van der Waals surface area (Å²) in [6.07, 6.45) is 0.540. The molecule has 0 saturated carbocycles. The second-order valence-electron chi connectivity index (χ2n) is 4.33. The topological polar surface area (TPSA) is 98.2 Å². The molecular formula is C10H19N3O2S. The fourth-order valence-corrected chi connectivity index (χ4v) is 1.31. The van der Waals surface area contributed by atoms with Gasteiger partial charge in [0.1, 0.15) is 0 Å². The van der Waals surface area contributed by atoms with Crippen LogP contribution in [-0.4, -0.2) is 23.3 Å². The molecule has 2 amide bonds. The molecule has 5 N–H and O–H groups in total. The molecule has 0 rings (SSSR count). The van der Waals surface area contributed by atoms with Crippen LogP contribution < -0.4 is 16.8 Å². The Balaban J connectivity index is 4.37. The van der Waals surface area contributed by atoms with E-state index in [0.717, 1.165) is 0 Å². The predicted molar refractivity (Wildman–Crippen MR) is 66.6 cm³/mol. The quantitative estimate of drug-likeness (QED) is 0.570. The van der Waals surface area contributed by atoms with Crippen molar-refractivity contribution in [2.24, 2.45) is 22.8 Å². The van der Waals surface area contributed by atoms with E-state index < -0.39 is 17.2 Å². The van der Waals surface area contributed by atoms with Gasteiger partial charge in [0.2, 0.25) is 11.8 Å². The maximum atomic E-state index is 11.7. The van der Waals surface area contributed by atoms with Gasteiger partial charge in [0.05, 0.1) is 16.3 Å². The Labute approximate surface area is 101 Å². The molecule has 0 heterocycles. The Bertz CT molecular complexity index is 302. The van der Waals surface area contributed by atoms with Crippen LogP contribution in [0.5, 0.6) is 0 Å². The molecule has 5 nitrogen and oxygen atoms in total. The highest BCUT2D eigenvalue weighted by atomic mass is 32.1. The molecule has 92 valence electrons. The lowest BCUT2D eigenvalue weighted by atomic mass is 9.92. The van der Waals surface area contributed by atoms with Crippen molar-refractivity contribution >= 4 is 29.0 Å². The average molecular weight is 245 g/mol. The Hall–Kier alpha value is -1.17. The number of hydrogen-bond acceptors (Lipinski definition) is 3. The zero-order valence-electron chi connectivity index (χ0n) is 9.87. The van der Waals surface area contributed by atoms with Gasteiger partial charge in [-0.2, -0.15) is 0 Å². The van der Waals surface area contributed by atoms with Crippen molar-refractivity contribution in [3.05, 3.63) is 0 Å². The summed E-state index contributed by atoms with van der Waals surface area (Å²) in [6, 6.07) is 0. The van der Waals surface area contributed by atoms with Gasteiger partial charge in [-0.05, 0) is 20.3 Å². The lowest BCUT2D eigenvalue weighted by Gasteiger charge is -2.22. The molecule has 1 atom stereocenters. The van der Waals surface area contributed by atoms with E-state index in [1.54, 1.807) is 13.8 Å². The Morgan fingerprint density at radius 3 is 2.19 bits per heavy atom.